The average molecular weight is 464 g/mol. The molecule has 15 heavy (non-hydrogen) atoms. The van der Waals surface area contributed by atoms with Crippen molar-refractivity contribution in [3.05, 3.63) is 47.3 Å². The van der Waals surface area contributed by atoms with Crippen molar-refractivity contribution in [1.29, 1.82) is 0 Å². The molecule has 0 saturated carbocycles. The van der Waals surface area contributed by atoms with Crippen LogP contribution >= 0.6 is 22.9 Å². The zero-order valence-corrected chi connectivity index (χ0v) is 13.5. The van der Waals surface area contributed by atoms with Gasteiger partial charge in [0.05, 0.1) is 0 Å². The van der Waals surface area contributed by atoms with Crippen LogP contribution in [0, 0.1) is 43.5 Å². The van der Waals surface area contributed by atoms with Crippen LogP contribution < -0.4 is 5.73 Å². The van der Waals surface area contributed by atoms with Crippen molar-refractivity contribution in [2.75, 3.05) is 5.73 Å². The van der Waals surface area contributed by atoms with E-state index in [1.807, 2.05) is 24.3 Å². The molecule has 0 aliphatic carbocycles. The molecule has 0 aliphatic rings. The molecule has 2 N–H and O–H groups in total. The Morgan fingerprint density at radius 3 is 2.20 bits per heavy atom. The maximum atomic E-state index is 5.58. The Morgan fingerprint density at radius 2 is 1.93 bits per heavy atom. The molecule has 1 aromatic heterocycles. The number of hydrogen-bond acceptors (Lipinski definition) is 4. The number of halogens is 1. The summed E-state index contributed by atoms with van der Waals surface area (Å²) in [6.45, 7) is 3.70. The van der Waals surface area contributed by atoms with Crippen LogP contribution in [-0.2, 0) is 0 Å². The fraction of sp³-hybridized carbons (Fsp3) is 0. The number of hydrogen-bond donors (Lipinski definition) is 1. The van der Waals surface area contributed by atoms with Gasteiger partial charge in [0.2, 0.25) is 0 Å². The molecule has 0 fully saturated rings. The smallest absolute Gasteiger partial charge is 0.450 e. The van der Waals surface area contributed by atoms with Crippen LogP contribution in [0.3, 0.4) is 0 Å². The predicted molar refractivity (Wildman–Crippen MR) is 59.1 cm³/mol. The summed E-state index contributed by atoms with van der Waals surface area (Å²) >= 11 is 6.79. The van der Waals surface area contributed by atoms with Crippen molar-refractivity contribution >= 4 is 28.1 Å². The summed E-state index contributed by atoms with van der Waals surface area (Å²) in [6.07, 6.45) is 0. The van der Waals surface area contributed by atoms with Crippen molar-refractivity contribution < 1.29 is 31.1 Å². The second kappa shape index (κ2) is 8.00. The van der Waals surface area contributed by atoms with Gasteiger partial charge in [-0.25, -0.2) is 5.10 Å². The van der Waals surface area contributed by atoms with Gasteiger partial charge in [-0.2, -0.15) is 24.6 Å². The molecular weight excluding hydrogens is 456 g/mol. The van der Waals surface area contributed by atoms with E-state index in [0.717, 1.165) is 10.6 Å². The Balaban J connectivity index is 0.000000253. The first-order valence-electron chi connectivity index (χ1n) is 3.71. The first-order valence-corrected chi connectivity index (χ1v) is 4.90. The third-order valence-corrected chi connectivity index (χ3v) is 1.97. The van der Waals surface area contributed by atoms with E-state index in [9.17, 15) is 0 Å². The summed E-state index contributed by atoms with van der Waals surface area (Å²) < 4.78 is 0. The maximum Gasteiger partial charge on any atom is 2.00 e. The largest absolute Gasteiger partial charge is 2.00 e. The number of benzene rings is 1. The van der Waals surface area contributed by atoms with E-state index in [0.29, 0.717) is 5.13 Å². The summed E-state index contributed by atoms with van der Waals surface area (Å²) in [4.78, 5) is 0. The van der Waals surface area contributed by atoms with Crippen LogP contribution in [0.5, 0.6) is 0 Å². The molecule has 76 valence electrons. The predicted octanol–water partition coefficient (Wildman–Crippen LogP) is 2.44. The van der Waals surface area contributed by atoms with Crippen LogP contribution in [0.15, 0.2) is 24.3 Å². The summed E-state index contributed by atoms with van der Waals surface area (Å²) in [5, 5.41) is 7.98. The molecule has 1 heterocycles. The second-order valence-corrected chi connectivity index (χ2v) is 3.60. The van der Waals surface area contributed by atoms with Gasteiger partial charge in [0.1, 0.15) is 0 Å². The zero-order valence-electron chi connectivity index (χ0n) is 7.77. The molecule has 2 aromatic rings. The first kappa shape index (κ1) is 14.8. The van der Waals surface area contributed by atoms with Crippen molar-refractivity contribution in [1.82, 2.24) is 10.2 Å². The third-order valence-electron chi connectivity index (χ3n) is 1.25. The maximum absolute atomic E-state index is 5.58. The normalized spacial score (nSPS) is 8.33. The minimum atomic E-state index is 0. The van der Waals surface area contributed by atoms with Crippen molar-refractivity contribution in [2.24, 2.45) is 0 Å². The molecular formula is C9H8ClN3SU. The van der Waals surface area contributed by atoms with Gasteiger partial charge < -0.3 is 5.73 Å². The zero-order chi connectivity index (χ0) is 10.4. The first-order chi connectivity index (χ1) is 6.68. The molecule has 0 unspecified atom stereocenters. The van der Waals surface area contributed by atoms with E-state index < -0.39 is 0 Å². The molecule has 0 aliphatic heterocycles. The number of aromatic nitrogens is 2. The summed E-state index contributed by atoms with van der Waals surface area (Å²) in [5.74, 6) is 0. The molecule has 3 nitrogen and oxygen atoms in total. The molecule has 6 heteroatoms. The Morgan fingerprint density at radius 1 is 1.33 bits per heavy atom. The average Bonchev–Trinajstić information content (AvgIpc) is 2.63. The number of anilines is 1. The van der Waals surface area contributed by atoms with Crippen LogP contribution in [0.2, 0.25) is 5.02 Å². The Labute approximate surface area is 121 Å². The SMILES string of the molecule is Nc1nn[c-]s1.[CH2-]c1ccc(Cl)cc1.[U+2]. The molecule has 0 saturated heterocycles. The summed E-state index contributed by atoms with van der Waals surface area (Å²) in [5.41, 5.74) is 8.57. The van der Waals surface area contributed by atoms with E-state index in [1.165, 1.54) is 11.3 Å². The molecule has 0 atom stereocenters. The van der Waals surface area contributed by atoms with Gasteiger partial charge >= 0.3 is 31.1 Å². The number of rotatable bonds is 0. The van der Waals surface area contributed by atoms with E-state index in [4.69, 9.17) is 17.3 Å². The van der Waals surface area contributed by atoms with Crippen LogP contribution in [0.25, 0.3) is 0 Å². The fourth-order valence-corrected chi connectivity index (χ4v) is 1.02. The third kappa shape index (κ3) is 6.80. The standard InChI is InChI=1S/C7H6Cl.C2H2N3S.U/c1-6-2-4-7(8)5-3-6;3-2-5-4-1-6-2;/h2-5H,1H2;(H2,3,5);/q2*-1;+2. The van der Waals surface area contributed by atoms with Crippen LogP contribution in [0.4, 0.5) is 5.13 Å². The van der Waals surface area contributed by atoms with Gasteiger partial charge in [-0.1, -0.05) is 29.2 Å². The molecule has 0 bridgehead atoms. The van der Waals surface area contributed by atoms with Crippen LogP contribution in [-0.4, -0.2) is 10.2 Å². The monoisotopic (exact) mass is 463 g/mol. The minimum Gasteiger partial charge on any atom is -0.450 e. The van der Waals surface area contributed by atoms with Crippen molar-refractivity contribution in [2.45, 2.75) is 0 Å². The van der Waals surface area contributed by atoms with Gasteiger partial charge in [0.25, 0.3) is 0 Å². The Bertz CT molecular complexity index is 342. The second-order valence-electron chi connectivity index (χ2n) is 2.36. The molecule has 0 spiro atoms. The fourth-order valence-electron chi connectivity index (χ4n) is 0.642. The molecule has 0 radical (unpaired) electrons. The van der Waals surface area contributed by atoms with Crippen molar-refractivity contribution in [3.63, 3.8) is 0 Å². The summed E-state index contributed by atoms with van der Waals surface area (Å²) in [7, 11) is 0. The Kier molecular flexibility index (Phi) is 7.89. The molecule has 1 aromatic carbocycles. The van der Waals surface area contributed by atoms with Crippen LogP contribution in [0.1, 0.15) is 5.56 Å². The van der Waals surface area contributed by atoms with Gasteiger partial charge in [-0.3, -0.25) is 16.4 Å². The number of nitrogens with two attached hydrogens (primary N) is 1. The minimum absolute atomic E-state index is 0. The number of nitrogen functional groups attached to an aromatic ring is 1. The molecule has 2 rings (SSSR count). The quantitative estimate of drug-likeness (QED) is 0.611. The number of nitrogens with zero attached hydrogens (tertiary/aromatic N) is 2. The van der Waals surface area contributed by atoms with Crippen molar-refractivity contribution in [3.8, 4) is 0 Å². The topological polar surface area (TPSA) is 51.8 Å². The van der Waals surface area contributed by atoms with E-state index in [2.05, 4.69) is 22.6 Å². The van der Waals surface area contributed by atoms with Gasteiger partial charge in [-0.15, -0.1) is 0 Å². The van der Waals surface area contributed by atoms with Gasteiger partial charge in [-0.05, 0) is 0 Å². The molecule has 0 amide bonds. The van der Waals surface area contributed by atoms with Gasteiger partial charge in [0.15, 0.2) is 0 Å². The van der Waals surface area contributed by atoms with E-state index in [-0.39, 0.29) is 31.1 Å². The van der Waals surface area contributed by atoms with E-state index >= 15 is 0 Å². The Hall–Kier alpha value is -0.208. The van der Waals surface area contributed by atoms with E-state index in [1.54, 1.807) is 0 Å². The summed E-state index contributed by atoms with van der Waals surface area (Å²) in [6, 6.07) is 7.40. The van der Waals surface area contributed by atoms with Gasteiger partial charge in [0, 0.05) is 10.2 Å².